The maximum absolute atomic E-state index is 12.6. The highest BCUT2D eigenvalue weighted by Gasteiger charge is 2.28. The van der Waals surface area contributed by atoms with Crippen LogP contribution in [0.4, 0.5) is 0 Å². The number of furan rings is 1. The van der Waals surface area contributed by atoms with Crippen LogP contribution in [0.3, 0.4) is 0 Å². The average Bonchev–Trinajstić information content (AvgIpc) is 3.03. The summed E-state index contributed by atoms with van der Waals surface area (Å²) in [6.07, 6.45) is 0.623. The number of aldehydes is 1. The van der Waals surface area contributed by atoms with Crippen LogP contribution in [0.1, 0.15) is 27.8 Å². The lowest BCUT2D eigenvalue weighted by Gasteiger charge is -2.06. The van der Waals surface area contributed by atoms with Gasteiger partial charge in [0.15, 0.2) is 12.0 Å². The van der Waals surface area contributed by atoms with Crippen LogP contribution in [0.25, 0.3) is 22.5 Å². The molecular weight excluding hydrogens is 304 g/mol. The molecule has 0 saturated heterocycles. The summed E-state index contributed by atoms with van der Waals surface area (Å²) in [5, 5.41) is 0. The van der Waals surface area contributed by atoms with Crippen LogP contribution in [0.15, 0.2) is 65.1 Å². The van der Waals surface area contributed by atoms with Crippen LogP contribution >= 0.6 is 0 Å². The van der Waals surface area contributed by atoms with Crippen molar-refractivity contribution in [3.05, 3.63) is 72.0 Å². The van der Waals surface area contributed by atoms with Gasteiger partial charge in [0.2, 0.25) is 0 Å². The van der Waals surface area contributed by atoms with Gasteiger partial charge in [-0.15, -0.1) is 0 Å². The average molecular weight is 320 g/mol. The van der Waals surface area contributed by atoms with E-state index in [1.54, 1.807) is 6.92 Å². The highest BCUT2D eigenvalue weighted by atomic mass is 16.5. The number of rotatable bonds is 5. The number of benzene rings is 2. The predicted octanol–water partition coefficient (Wildman–Crippen LogP) is 4.60. The van der Waals surface area contributed by atoms with Crippen LogP contribution in [0.2, 0.25) is 0 Å². The van der Waals surface area contributed by atoms with Crippen molar-refractivity contribution >= 4 is 12.3 Å². The fourth-order valence-corrected chi connectivity index (χ4v) is 2.61. The van der Waals surface area contributed by atoms with Crippen molar-refractivity contribution < 1.29 is 18.7 Å². The summed E-state index contributed by atoms with van der Waals surface area (Å²) >= 11 is 0. The molecule has 0 fully saturated rings. The quantitative estimate of drug-likeness (QED) is 0.509. The van der Waals surface area contributed by atoms with E-state index < -0.39 is 5.97 Å². The normalized spacial score (nSPS) is 10.4. The van der Waals surface area contributed by atoms with E-state index in [2.05, 4.69) is 0 Å². The Labute approximate surface area is 139 Å². The fourth-order valence-electron chi connectivity index (χ4n) is 2.61. The van der Waals surface area contributed by atoms with Gasteiger partial charge < -0.3 is 9.15 Å². The molecule has 0 aliphatic heterocycles. The summed E-state index contributed by atoms with van der Waals surface area (Å²) in [6.45, 7) is 1.98. The minimum absolute atomic E-state index is 0.114. The minimum atomic E-state index is -0.507. The largest absolute Gasteiger partial charge is 0.462 e. The van der Waals surface area contributed by atoms with Crippen LogP contribution < -0.4 is 0 Å². The zero-order valence-corrected chi connectivity index (χ0v) is 13.2. The van der Waals surface area contributed by atoms with Crippen molar-refractivity contribution in [1.29, 1.82) is 0 Å². The first-order valence-electron chi connectivity index (χ1n) is 7.66. The highest BCUT2D eigenvalue weighted by Crippen LogP contribution is 2.38. The van der Waals surface area contributed by atoms with Crippen LogP contribution in [-0.4, -0.2) is 18.9 Å². The van der Waals surface area contributed by atoms with E-state index in [0.717, 1.165) is 5.56 Å². The molecule has 3 rings (SSSR count). The summed E-state index contributed by atoms with van der Waals surface area (Å²) in [5.41, 5.74) is 2.18. The second kappa shape index (κ2) is 6.96. The first kappa shape index (κ1) is 15.7. The smallest absolute Gasteiger partial charge is 0.342 e. The third-order valence-corrected chi connectivity index (χ3v) is 3.62. The highest BCUT2D eigenvalue weighted by molar-refractivity contribution is 6.06. The van der Waals surface area contributed by atoms with E-state index in [9.17, 15) is 9.59 Å². The number of carbonyl (C=O) groups is 2. The first-order valence-corrected chi connectivity index (χ1v) is 7.66. The molecular formula is C20H16O4. The molecule has 4 heteroatoms. The molecule has 120 valence electrons. The van der Waals surface area contributed by atoms with Gasteiger partial charge in [-0.2, -0.15) is 0 Å². The van der Waals surface area contributed by atoms with Crippen molar-refractivity contribution in [2.45, 2.75) is 6.92 Å². The standard InChI is InChI=1S/C20H16O4/c1-2-23-20(22)18-17(14-9-5-3-6-10-14)16(13-21)24-19(18)15-11-7-4-8-12-15/h3-13H,2H2,1H3. The number of carbonyl (C=O) groups excluding carboxylic acids is 2. The van der Waals surface area contributed by atoms with Gasteiger partial charge in [0.05, 0.1) is 6.61 Å². The van der Waals surface area contributed by atoms with Gasteiger partial charge in [-0.05, 0) is 12.5 Å². The first-order chi connectivity index (χ1) is 11.8. The minimum Gasteiger partial charge on any atom is -0.462 e. The van der Waals surface area contributed by atoms with Crippen LogP contribution in [-0.2, 0) is 4.74 Å². The molecule has 0 N–H and O–H groups in total. The fraction of sp³-hybridized carbons (Fsp3) is 0.100. The Bertz CT molecular complexity index is 848. The summed E-state index contributed by atoms with van der Waals surface area (Å²) < 4.78 is 10.9. The lowest BCUT2D eigenvalue weighted by Crippen LogP contribution is -2.06. The number of esters is 1. The van der Waals surface area contributed by atoms with E-state index in [4.69, 9.17) is 9.15 Å². The molecule has 0 atom stereocenters. The summed E-state index contributed by atoms with van der Waals surface area (Å²) in [6, 6.07) is 18.4. The van der Waals surface area contributed by atoms with Gasteiger partial charge in [-0.25, -0.2) is 4.79 Å². The van der Waals surface area contributed by atoms with E-state index in [0.29, 0.717) is 23.2 Å². The lowest BCUT2D eigenvalue weighted by atomic mass is 9.98. The van der Waals surface area contributed by atoms with Crippen LogP contribution in [0.5, 0.6) is 0 Å². The van der Waals surface area contributed by atoms with E-state index in [1.165, 1.54) is 0 Å². The Hall–Kier alpha value is -3.14. The molecule has 24 heavy (non-hydrogen) atoms. The Morgan fingerprint density at radius 3 is 2.12 bits per heavy atom. The Morgan fingerprint density at radius 1 is 1.00 bits per heavy atom. The number of ether oxygens (including phenoxy) is 1. The van der Waals surface area contributed by atoms with E-state index in [1.807, 2.05) is 60.7 Å². The molecule has 0 bridgehead atoms. The summed E-state index contributed by atoms with van der Waals surface area (Å²) in [7, 11) is 0. The molecule has 0 unspecified atom stereocenters. The van der Waals surface area contributed by atoms with Gasteiger partial charge in [0.25, 0.3) is 0 Å². The zero-order valence-electron chi connectivity index (χ0n) is 13.2. The van der Waals surface area contributed by atoms with E-state index >= 15 is 0 Å². The van der Waals surface area contributed by atoms with Gasteiger partial charge in [0, 0.05) is 11.1 Å². The third-order valence-electron chi connectivity index (χ3n) is 3.62. The SMILES string of the molecule is CCOC(=O)c1c(-c2ccccc2)oc(C=O)c1-c1ccccc1. The Balaban J connectivity index is 2.29. The molecule has 0 aliphatic carbocycles. The Morgan fingerprint density at radius 2 is 1.58 bits per heavy atom. The van der Waals surface area contributed by atoms with Crippen molar-refractivity contribution in [3.63, 3.8) is 0 Å². The topological polar surface area (TPSA) is 56.5 Å². The molecule has 0 spiro atoms. The number of hydrogen-bond donors (Lipinski definition) is 0. The van der Waals surface area contributed by atoms with Gasteiger partial charge in [0.1, 0.15) is 11.3 Å². The predicted molar refractivity (Wildman–Crippen MR) is 90.9 cm³/mol. The summed E-state index contributed by atoms with van der Waals surface area (Å²) in [4.78, 5) is 24.1. The number of hydrogen-bond acceptors (Lipinski definition) is 4. The molecule has 0 saturated carbocycles. The van der Waals surface area contributed by atoms with Crippen molar-refractivity contribution in [2.24, 2.45) is 0 Å². The van der Waals surface area contributed by atoms with Gasteiger partial charge >= 0.3 is 5.97 Å². The van der Waals surface area contributed by atoms with Crippen molar-refractivity contribution in [1.82, 2.24) is 0 Å². The van der Waals surface area contributed by atoms with Gasteiger partial charge in [-0.1, -0.05) is 60.7 Å². The van der Waals surface area contributed by atoms with E-state index in [-0.39, 0.29) is 17.9 Å². The Kier molecular flexibility index (Phi) is 4.57. The molecule has 4 nitrogen and oxygen atoms in total. The second-order valence-corrected chi connectivity index (χ2v) is 5.12. The van der Waals surface area contributed by atoms with Crippen molar-refractivity contribution in [3.8, 4) is 22.5 Å². The maximum Gasteiger partial charge on any atom is 0.342 e. The molecule has 0 aliphatic rings. The van der Waals surface area contributed by atoms with Gasteiger partial charge in [-0.3, -0.25) is 4.79 Å². The lowest BCUT2D eigenvalue weighted by molar-refractivity contribution is 0.0527. The second-order valence-electron chi connectivity index (χ2n) is 5.12. The molecule has 0 radical (unpaired) electrons. The molecule has 1 heterocycles. The molecule has 0 amide bonds. The monoisotopic (exact) mass is 320 g/mol. The van der Waals surface area contributed by atoms with Crippen molar-refractivity contribution in [2.75, 3.05) is 6.61 Å². The molecule has 3 aromatic rings. The third kappa shape index (κ3) is 2.86. The summed E-state index contributed by atoms with van der Waals surface area (Å²) in [5.74, 6) is -0.0508. The molecule has 1 aromatic heterocycles. The molecule has 2 aromatic carbocycles. The van der Waals surface area contributed by atoms with Crippen LogP contribution in [0, 0.1) is 0 Å². The maximum atomic E-state index is 12.6. The zero-order chi connectivity index (χ0) is 16.9.